The van der Waals surface area contributed by atoms with E-state index in [1.54, 1.807) is 0 Å². The van der Waals surface area contributed by atoms with Crippen LogP contribution in [0, 0.1) is 0 Å². The third kappa shape index (κ3) is 2.50. The molecule has 0 unspecified atom stereocenters. The number of hydrogen-bond donors (Lipinski definition) is 0. The van der Waals surface area contributed by atoms with Gasteiger partial charge in [-0.15, -0.1) is 0 Å². The maximum Gasteiger partial charge on any atom is 0.194 e. The molecule has 1 fully saturated rings. The first kappa shape index (κ1) is 12.6. The number of rotatable bonds is 3. The van der Waals surface area contributed by atoms with Crippen LogP contribution in [0.1, 0.15) is 46.7 Å². The Balaban J connectivity index is 1.93. The molecule has 1 aliphatic rings. The molecule has 2 heteroatoms. The fourth-order valence-corrected chi connectivity index (χ4v) is 2.94. The van der Waals surface area contributed by atoms with Gasteiger partial charge in [-0.25, -0.2) is 0 Å². The van der Waals surface area contributed by atoms with Crippen LogP contribution in [0.5, 0.6) is 0 Å². The van der Waals surface area contributed by atoms with Crippen molar-refractivity contribution in [1.29, 1.82) is 0 Å². The van der Waals surface area contributed by atoms with E-state index in [1.165, 1.54) is 24.8 Å². The quantitative estimate of drug-likeness (QED) is 0.733. The predicted molar refractivity (Wildman–Crippen MR) is 80.6 cm³/mol. The van der Waals surface area contributed by atoms with E-state index in [-0.39, 0.29) is 5.78 Å². The summed E-state index contributed by atoms with van der Waals surface area (Å²) in [5.41, 5.74) is 2.83. The van der Waals surface area contributed by atoms with Gasteiger partial charge in [0.15, 0.2) is 5.78 Å². The molecule has 0 heterocycles. The zero-order chi connectivity index (χ0) is 13.2. The molecule has 0 amide bonds. The number of hydrogen-bond acceptors (Lipinski definition) is 1. The molecule has 1 saturated carbocycles. The summed E-state index contributed by atoms with van der Waals surface area (Å²) in [5, 5.41) is 0. The van der Waals surface area contributed by atoms with Crippen molar-refractivity contribution in [1.82, 2.24) is 0 Å². The normalized spacial score (nSPS) is 15.0. The van der Waals surface area contributed by atoms with Crippen LogP contribution < -0.4 is 0 Å². The van der Waals surface area contributed by atoms with Gasteiger partial charge >= 0.3 is 0 Å². The Kier molecular flexibility index (Phi) is 3.52. The first-order valence-corrected chi connectivity index (χ1v) is 7.44. The molecule has 19 heavy (non-hydrogen) atoms. The summed E-state index contributed by atoms with van der Waals surface area (Å²) < 4.78 is 0.856. The lowest BCUT2D eigenvalue weighted by Gasteiger charge is -2.26. The minimum absolute atomic E-state index is 0.0913. The maximum absolute atomic E-state index is 12.5. The average Bonchev–Trinajstić information content (AvgIpc) is 2.37. The monoisotopic (exact) mass is 314 g/mol. The molecular formula is C17H15BrO. The minimum atomic E-state index is 0.0913. The van der Waals surface area contributed by atoms with E-state index in [0.29, 0.717) is 5.92 Å². The summed E-state index contributed by atoms with van der Waals surface area (Å²) in [7, 11) is 0. The summed E-state index contributed by atoms with van der Waals surface area (Å²) in [6.07, 6.45) is 3.83. The van der Waals surface area contributed by atoms with Crippen LogP contribution in [0.3, 0.4) is 0 Å². The number of ketones is 1. The van der Waals surface area contributed by atoms with Gasteiger partial charge in [-0.2, -0.15) is 0 Å². The third-order valence-electron chi connectivity index (χ3n) is 3.84. The van der Waals surface area contributed by atoms with Crippen molar-refractivity contribution in [3.8, 4) is 0 Å². The zero-order valence-corrected chi connectivity index (χ0v) is 12.2. The Labute approximate surface area is 121 Å². The van der Waals surface area contributed by atoms with Crippen molar-refractivity contribution in [2.24, 2.45) is 0 Å². The number of carbonyl (C=O) groups is 1. The second kappa shape index (κ2) is 5.30. The van der Waals surface area contributed by atoms with E-state index in [9.17, 15) is 4.79 Å². The van der Waals surface area contributed by atoms with E-state index >= 15 is 0 Å². The summed E-state index contributed by atoms with van der Waals surface area (Å²) in [5.74, 6) is 0.751. The van der Waals surface area contributed by atoms with Gasteiger partial charge in [0.05, 0.1) is 0 Å². The molecule has 0 aromatic heterocycles. The van der Waals surface area contributed by atoms with Gasteiger partial charge in [-0.1, -0.05) is 52.7 Å². The lowest BCUT2D eigenvalue weighted by molar-refractivity contribution is 0.103. The zero-order valence-electron chi connectivity index (χ0n) is 10.6. The van der Waals surface area contributed by atoms with Crippen LogP contribution >= 0.6 is 15.9 Å². The molecule has 0 aliphatic heterocycles. The molecule has 0 radical (unpaired) electrons. The van der Waals surface area contributed by atoms with Crippen LogP contribution in [-0.2, 0) is 0 Å². The van der Waals surface area contributed by atoms with Crippen LogP contribution in [-0.4, -0.2) is 5.78 Å². The van der Waals surface area contributed by atoms with Crippen molar-refractivity contribution < 1.29 is 4.79 Å². The molecule has 96 valence electrons. The SMILES string of the molecule is O=C(c1cccc(C2CCC2)c1)c1ccccc1Br. The first-order valence-electron chi connectivity index (χ1n) is 6.65. The molecular weight excluding hydrogens is 300 g/mol. The van der Waals surface area contributed by atoms with Crippen LogP contribution in [0.2, 0.25) is 0 Å². The van der Waals surface area contributed by atoms with Gasteiger partial charge < -0.3 is 0 Å². The lowest BCUT2D eigenvalue weighted by Crippen LogP contribution is -2.10. The second-order valence-corrected chi connectivity index (χ2v) is 5.92. The highest BCUT2D eigenvalue weighted by Crippen LogP contribution is 2.36. The van der Waals surface area contributed by atoms with Gasteiger partial charge in [0.2, 0.25) is 0 Å². The Bertz CT molecular complexity index is 614. The second-order valence-electron chi connectivity index (χ2n) is 5.06. The highest BCUT2D eigenvalue weighted by molar-refractivity contribution is 9.10. The minimum Gasteiger partial charge on any atom is -0.289 e. The molecule has 0 bridgehead atoms. The molecule has 0 N–H and O–H groups in total. The summed E-state index contributed by atoms with van der Waals surface area (Å²) in [6, 6.07) is 15.7. The standard InChI is InChI=1S/C17H15BrO/c18-16-10-2-1-9-15(16)17(19)14-8-4-7-13(11-14)12-5-3-6-12/h1-2,4,7-12H,3,5-6H2. The van der Waals surface area contributed by atoms with E-state index in [0.717, 1.165) is 15.6 Å². The van der Waals surface area contributed by atoms with Crippen LogP contribution in [0.15, 0.2) is 53.0 Å². The molecule has 3 rings (SSSR count). The summed E-state index contributed by atoms with van der Waals surface area (Å²) in [4.78, 5) is 12.5. The number of carbonyl (C=O) groups excluding carboxylic acids is 1. The Morgan fingerprint density at radius 1 is 1.05 bits per heavy atom. The van der Waals surface area contributed by atoms with Gasteiger partial charge in [0.1, 0.15) is 0 Å². The Morgan fingerprint density at radius 2 is 1.84 bits per heavy atom. The Hall–Kier alpha value is -1.41. The van der Waals surface area contributed by atoms with Gasteiger partial charge in [0.25, 0.3) is 0 Å². The van der Waals surface area contributed by atoms with Crippen molar-refractivity contribution in [2.45, 2.75) is 25.2 Å². The number of halogens is 1. The van der Waals surface area contributed by atoms with Crippen LogP contribution in [0.25, 0.3) is 0 Å². The molecule has 1 nitrogen and oxygen atoms in total. The van der Waals surface area contributed by atoms with Crippen LogP contribution in [0.4, 0.5) is 0 Å². The van der Waals surface area contributed by atoms with E-state index in [4.69, 9.17) is 0 Å². The predicted octanol–water partition coefficient (Wildman–Crippen LogP) is 4.95. The van der Waals surface area contributed by atoms with E-state index in [1.807, 2.05) is 36.4 Å². The van der Waals surface area contributed by atoms with Gasteiger partial charge in [0, 0.05) is 15.6 Å². The molecule has 0 spiro atoms. The van der Waals surface area contributed by atoms with E-state index in [2.05, 4.69) is 28.1 Å². The van der Waals surface area contributed by atoms with Crippen molar-refractivity contribution >= 4 is 21.7 Å². The highest BCUT2D eigenvalue weighted by Gasteiger charge is 2.20. The van der Waals surface area contributed by atoms with Crippen molar-refractivity contribution in [2.75, 3.05) is 0 Å². The fourth-order valence-electron chi connectivity index (χ4n) is 2.48. The molecule has 1 aliphatic carbocycles. The lowest BCUT2D eigenvalue weighted by atomic mass is 9.79. The average molecular weight is 315 g/mol. The smallest absolute Gasteiger partial charge is 0.194 e. The largest absolute Gasteiger partial charge is 0.289 e. The summed E-state index contributed by atoms with van der Waals surface area (Å²) >= 11 is 3.45. The van der Waals surface area contributed by atoms with Gasteiger partial charge in [-0.3, -0.25) is 4.79 Å². The highest BCUT2D eigenvalue weighted by atomic mass is 79.9. The maximum atomic E-state index is 12.5. The van der Waals surface area contributed by atoms with Crippen molar-refractivity contribution in [3.63, 3.8) is 0 Å². The summed E-state index contributed by atoms with van der Waals surface area (Å²) in [6.45, 7) is 0. The topological polar surface area (TPSA) is 17.1 Å². The van der Waals surface area contributed by atoms with Crippen molar-refractivity contribution in [3.05, 3.63) is 69.7 Å². The first-order chi connectivity index (χ1) is 9.25. The Morgan fingerprint density at radius 3 is 2.53 bits per heavy atom. The third-order valence-corrected chi connectivity index (χ3v) is 4.54. The molecule has 0 saturated heterocycles. The fraction of sp³-hybridized carbons (Fsp3) is 0.235. The molecule has 2 aromatic carbocycles. The van der Waals surface area contributed by atoms with Gasteiger partial charge in [-0.05, 0) is 42.5 Å². The number of benzene rings is 2. The molecule has 2 aromatic rings. The van der Waals surface area contributed by atoms with E-state index < -0.39 is 0 Å². The molecule has 0 atom stereocenters.